The van der Waals surface area contributed by atoms with E-state index in [0.717, 1.165) is 31.6 Å². The van der Waals surface area contributed by atoms with Crippen molar-refractivity contribution < 1.29 is 4.74 Å². The fraction of sp³-hybridized carbons (Fsp3) is 0.500. The molecule has 0 unspecified atom stereocenters. The van der Waals surface area contributed by atoms with Crippen LogP contribution in [0, 0.1) is 0 Å². The number of rotatable bonds is 6. The van der Waals surface area contributed by atoms with Crippen LogP contribution < -0.4 is 4.74 Å². The van der Waals surface area contributed by atoms with E-state index < -0.39 is 0 Å². The second-order valence-corrected chi connectivity index (χ2v) is 9.03. The summed E-state index contributed by atoms with van der Waals surface area (Å²) in [7, 11) is 0. The Kier molecular flexibility index (Phi) is 6.32. The smallest absolute Gasteiger partial charge is 0.119 e. The maximum atomic E-state index is 5.88. The van der Waals surface area contributed by atoms with E-state index in [-0.39, 0.29) is 10.8 Å². The molecule has 0 saturated heterocycles. The van der Waals surface area contributed by atoms with Crippen LogP contribution in [0.4, 0.5) is 0 Å². The van der Waals surface area contributed by atoms with Gasteiger partial charge in [0.2, 0.25) is 0 Å². The summed E-state index contributed by atoms with van der Waals surface area (Å²) >= 11 is 0. The average Bonchev–Trinajstić information content (AvgIpc) is 2.54. The van der Waals surface area contributed by atoms with Crippen LogP contribution in [0.5, 0.6) is 5.75 Å². The monoisotopic (exact) mass is 338 g/mol. The first-order valence-electron chi connectivity index (χ1n) is 9.49. The van der Waals surface area contributed by atoms with Gasteiger partial charge in [0.25, 0.3) is 0 Å². The maximum Gasteiger partial charge on any atom is 0.119 e. The minimum Gasteiger partial charge on any atom is -0.494 e. The molecule has 1 nitrogen and oxygen atoms in total. The van der Waals surface area contributed by atoms with Crippen molar-refractivity contribution in [3.63, 3.8) is 0 Å². The van der Waals surface area contributed by atoms with Gasteiger partial charge in [-0.15, -0.1) is 0 Å². The Balaban J connectivity index is 1.71. The number of ether oxygens (including phenoxy) is 1. The molecular weight excluding hydrogens is 304 g/mol. The van der Waals surface area contributed by atoms with Crippen molar-refractivity contribution in [2.75, 3.05) is 6.61 Å². The van der Waals surface area contributed by atoms with E-state index in [9.17, 15) is 0 Å². The lowest BCUT2D eigenvalue weighted by atomic mass is 9.86. The van der Waals surface area contributed by atoms with Crippen molar-refractivity contribution >= 4 is 0 Å². The van der Waals surface area contributed by atoms with Gasteiger partial charge in [-0.05, 0) is 58.9 Å². The molecule has 0 bridgehead atoms. The molecule has 136 valence electrons. The summed E-state index contributed by atoms with van der Waals surface area (Å²) in [6.45, 7) is 14.3. The third-order valence-electron chi connectivity index (χ3n) is 4.67. The van der Waals surface area contributed by atoms with Crippen molar-refractivity contribution in [2.24, 2.45) is 0 Å². The van der Waals surface area contributed by atoms with Crippen LogP contribution in [0.1, 0.15) is 71.1 Å². The van der Waals surface area contributed by atoms with Gasteiger partial charge in [0.05, 0.1) is 6.61 Å². The second-order valence-electron chi connectivity index (χ2n) is 9.03. The van der Waals surface area contributed by atoms with Gasteiger partial charge in [0, 0.05) is 0 Å². The number of benzene rings is 2. The van der Waals surface area contributed by atoms with Crippen LogP contribution >= 0.6 is 0 Å². The van der Waals surface area contributed by atoms with Crippen molar-refractivity contribution in [3.05, 3.63) is 65.2 Å². The zero-order valence-electron chi connectivity index (χ0n) is 16.9. The number of hydrogen-bond acceptors (Lipinski definition) is 1. The lowest BCUT2D eigenvalue weighted by Gasteiger charge is -2.19. The third-order valence-corrected chi connectivity index (χ3v) is 4.67. The standard InChI is InChI=1S/C24H34O/c1-23(2,3)20-12-10-19(11-13-20)9-7-8-18-25-22-16-14-21(15-17-22)24(4,5)6/h10-17H,7-9,18H2,1-6H3. The van der Waals surface area contributed by atoms with E-state index >= 15 is 0 Å². The van der Waals surface area contributed by atoms with E-state index in [1.54, 1.807) is 0 Å². The summed E-state index contributed by atoms with van der Waals surface area (Å²) in [5.74, 6) is 0.975. The zero-order valence-corrected chi connectivity index (χ0v) is 16.9. The molecule has 2 aromatic carbocycles. The first kappa shape index (κ1) is 19.6. The molecule has 2 rings (SSSR count). The van der Waals surface area contributed by atoms with E-state index in [0.29, 0.717) is 0 Å². The molecule has 0 atom stereocenters. The number of aryl methyl sites for hydroxylation is 1. The van der Waals surface area contributed by atoms with Gasteiger partial charge < -0.3 is 4.74 Å². The summed E-state index contributed by atoms with van der Waals surface area (Å²) in [5.41, 5.74) is 4.59. The second kappa shape index (κ2) is 8.08. The van der Waals surface area contributed by atoms with Gasteiger partial charge in [0.1, 0.15) is 5.75 Å². The van der Waals surface area contributed by atoms with E-state index in [4.69, 9.17) is 4.74 Å². The Morgan fingerprint density at radius 1 is 0.640 bits per heavy atom. The summed E-state index contributed by atoms with van der Waals surface area (Å²) in [6.07, 6.45) is 3.37. The van der Waals surface area contributed by atoms with Gasteiger partial charge >= 0.3 is 0 Å². The molecule has 0 heterocycles. The van der Waals surface area contributed by atoms with Crippen LogP contribution in [0.3, 0.4) is 0 Å². The molecule has 0 radical (unpaired) electrons. The first-order valence-corrected chi connectivity index (χ1v) is 9.49. The van der Waals surface area contributed by atoms with E-state index in [2.05, 4.69) is 90.1 Å². The SMILES string of the molecule is CC(C)(C)c1ccc(CCCCOc2ccc(C(C)(C)C)cc2)cc1. The van der Waals surface area contributed by atoms with Gasteiger partial charge in [-0.3, -0.25) is 0 Å². The van der Waals surface area contributed by atoms with Crippen molar-refractivity contribution in [2.45, 2.75) is 71.6 Å². The molecule has 0 amide bonds. The summed E-state index contributed by atoms with van der Waals surface area (Å²) in [6, 6.07) is 17.6. The molecule has 0 saturated carbocycles. The summed E-state index contributed by atoms with van der Waals surface area (Å²) in [5, 5.41) is 0. The van der Waals surface area contributed by atoms with Crippen LogP contribution in [0.2, 0.25) is 0 Å². The Morgan fingerprint density at radius 3 is 1.60 bits per heavy atom. The minimum absolute atomic E-state index is 0.196. The summed E-state index contributed by atoms with van der Waals surface area (Å²) in [4.78, 5) is 0. The zero-order chi connectivity index (χ0) is 18.5. The molecule has 0 fully saturated rings. The normalized spacial score (nSPS) is 12.2. The highest BCUT2D eigenvalue weighted by Crippen LogP contribution is 2.25. The molecule has 0 spiro atoms. The predicted octanol–water partition coefficient (Wildman–Crippen LogP) is 6.68. The summed E-state index contributed by atoms with van der Waals surface area (Å²) < 4.78 is 5.88. The van der Waals surface area contributed by atoms with E-state index in [1.165, 1.54) is 16.7 Å². The van der Waals surface area contributed by atoms with Crippen molar-refractivity contribution in [3.8, 4) is 5.75 Å². The minimum atomic E-state index is 0.196. The van der Waals surface area contributed by atoms with Gasteiger partial charge in [0.15, 0.2) is 0 Å². The molecule has 0 aliphatic carbocycles. The van der Waals surface area contributed by atoms with Crippen LogP contribution in [-0.4, -0.2) is 6.61 Å². The maximum absolute atomic E-state index is 5.88. The lowest BCUT2D eigenvalue weighted by molar-refractivity contribution is 0.306. The fourth-order valence-electron chi connectivity index (χ4n) is 2.84. The quantitative estimate of drug-likeness (QED) is 0.534. The topological polar surface area (TPSA) is 9.23 Å². The highest BCUT2D eigenvalue weighted by atomic mass is 16.5. The highest BCUT2D eigenvalue weighted by molar-refractivity contribution is 5.31. The molecular formula is C24H34O. The van der Waals surface area contributed by atoms with Gasteiger partial charge in [-0.2, -0.15) is 0 Å². The fourth-order valence-corrected chi connectivity index (χ4v) is 2.84. The molecule has 1 heteroatoms. The van der Waals surface area contributed by atoms with Crippen molar-refractivity contribution in [1.82, 2.24) is 0 Å². The number of hydrogen-bond donors (Lipinski definition) is 0. The third kappa shape index (κ3) is 6.23. The Labute approximate surface area is 154 Å². The van der Waals surface area contributed by atoms with Crippen LogP contribution in [-0.2, 0) is 17.3 Å². The Hall–Kier alpha value is -1.76. The lowest BCUT2D eigenvalue weighted by Crippen LogP contribution is -2.10. The molecule has 0 N–H and O–H groups in total. The molecule has 2 aromatic rings. The van der Waals surface area contributed by atoms with Gasteiger partial charge in [-0.1, -0.05) is 77.9 Å². The molecule has 0 aromatic heterocycles. The Morgan fingerprint density at radius 2 is 1.12 bits per heavy atom. The highest BCUT2D eigenvalue weighted by Gasteiger charge is 2.13. The van der Waals surface area contributed by atoms with Crippen molar-refractivity contribution in [1.29, 1.82) is 0 Å². The molecule has 0 aliphatic rings. The van der Waals surface area contributed by atoms with Crippen LogP contribution in [0.25, 0.3) is 0 Å². The predicted molar refractivity (Wildman–Crippen MR) is 109 cm³/mol. The molecule has 0 aliphatic heterocycles. The van der Waals surface area contributed by atoms with Gasteiger partial charge in [-0.25, -0.2) is 0 Å². The largest absolute Gasteiger partial charge is 0.494 e. The average molecular weight is 339 g/mol. The van der Waals surface area contributed by atoms with E-state index in [1.807, 2.05) is 0 Å². The molecule has 25 heavy (non-hydrogen) atoms. The first-order chi connectivity index (χ1) is 11.7. The number of unbranched alkanes of at least 4 members (excludes halogenated alkanes) is 1. The van der Waals surface area contributed by atoms with Crippen LogP contribution in [0.15, 0.2) is 48.5 Å². The Bertz CT molecular complexity index is 577.